The van der Waals surface area contributed by atoms with Crippen LogP contribution in [0.15, 0.2) is 101 Å². The van der Waals surface area contributed by atoms with Crippen molar-refractivity contribution in [1.29, 1.82) is 0 Å². The van der Waals surface area contributed by atoms with E-state index >= 15 is 0 Å². The van der Waals surface area contributed by atoms with E-state index in [0.29, 0.717) is 26.9 Å². The fraction of sp³-hybridized carbons (Fsp3) is 0. The minimum absolute atomic E-state index is 0.0377. The molecule has 3 heterocycles. The molecule has 0 radical (unpaired) electrons. The lowest BCUT2D eigenvalue weighted by Gasteiger charge is -2.00. The highest BCUT2D eigenvalue weighted by atomic mass is 32.1. The monoisotopic (exact) mass is 520 g/mol. The summed E-state index contributed by atoms with van der Waals surface area (Å²) in [4.78, 5) is 40.9. The van der Waals surface area contributed by atoms with E-state index < -0.39 is 16.0 Å². The summed E-state index contributed by atoms with van der Waals surface area (Å²) in [5.74, 6) is 0. The Bertz CT molecular complexity index is 1980. The van der Waals surface area contributed by atoms with E-state index in [9.17, 15) is 19.7 Å². The minimum atomic E-state index is -0.521. The Morgan fingerprint density at radius 3 is 2.16 bits per heavy atom. The molecule has 6 aromatic rings. The average Bonchev–Trinajstić information content (AvgIpc) is 3.50. The molecule has 0 spiro atoms. The molecule has 184 valence electrons. The van der Waals surface area contributed by atoms with Crippen molar-refractivity contribution >= 4 is 28.1 Å². The molecule has 3 aromatic carbocycles. The Kier molecular flexibility index (Phi) is 5.66. The van der Waals surface area contributed by atoms with Crippen LogP contribution in [0.1, 0.15) is 5.56 Å². The molecule has 0 bridgehead atoms. The third-order valence-electron chi connectivity index (χ3n) is 5.83. The Hall–Kier alpha value is -5.29. The summed E-state index contributed by atoms with van der Waals surface area (Å²) in [6, 6.07) is 24.3. The van der Waals surface area contributed by atoms with Gasteiger partial charge in [-0.2, -0.15) is 19.7 Å². The number of non-ortho nitro benzene ring substituents is 1. The van der Waals surface area contributed by atoms with E-state index in [4.69, 9.17) is 5.10 Å². The highest BCUT2D eigenvalue weighted by Gasteiger charge is 2.16. The van der Waals surface area contributed by atoms with E-state index in [-0.39, 0.29) is 16.3 Å². The van der Waals surface area contributed by atoms with E-state index in [1.165, 1.54) is 12.1 Å². The van der Waals surface area contributed by atoms with Gasteiger partial charge in [-0.25, -0.2) is 4.68 Å². The smallest absolute Gasteiger partial charge is 0.266 e. The van der Waals surface area contributed by atoms with Gasteiger partial charge in [0.2, 0.25) is 4.96 Å². The quantitative estimate of drug-likeness (QED) is 0.252. The van der Waals surface area contributed by atoms with Crippen molar-refractivity contribution in [2.75, 3.05) is 0 Å². The summed E-state index contributed by atoms with van der Waals surface area (Å²) < 4.78 is 3.12. The van der Waals surface area contributed by atoms with Gasteiger partial charge in [0, 0.05) is 35.0 Å². The fourth-order valence-corrected chi connectivity index (χ4v) is 4.89. The number of rotatable bonds is 5. The largest absolute Gasteiger partial charge is 0.300 e. The highest BCUT2D eigenvalue weighted by molar-refractivity contribution is 7.15. The number of nitro benzene ring substituents is 1. The summed E-state index contributed by atoms with van der Waals surface area (Å²) in [6.07, 6.45) is 3.44. The van der Waals surface area contributed by atoms with Gasteiger partial charge in [0.15, 0.2) is 5.69 Å². The van der Waals surface area contributed by atoms with Gasteiger partial charge in [0.05, 0.1) is 15.1 Å². The number of nitro groups is 1. The van der Waals surface area contributed by atoms with Crippen LogP contribution in [-0.2, 0) is 0 Å². The number of benzene rings is 3. The van der Waals surface area contributed by atoms with Crippen LogP contribution in [-0.4, -0.2) is 29.3 Å². The lowest BCUT2D eigenvalue weighted by Crippen LogP contribution is -2.26. The van der Waals surface area contributed by atoms with Crippen molar-refractivity contribution in [2.24, 2.45) is 0 Å². The fourth-order valence-electron chi connectivity index (χ4n) is 4.00. The molecular formula is C27H16N6O4S. The van der Waals surface area contributed by atoms with Crippen LogP contribution in [0.25, 0.3) is 39.2 Å². The van der Waals surface area contributed by atoms with Crippen LogP contribution in [0.5, 0.6) is 0 Å². The van der Waals surface area contributed by atoms with Crippen molar-refractivity contribution in [2.45, 2.75) is 0 Å². The second kappa shape index (κ2) is 9.30. The topological polar surface area (TPSA) is 125 Å². The van der Waals surface area contributed by atoms with Gasteiger partial charge in [-0.05, 0) is 30.3 Å². The molecule has 0 aliphatic carbocycles. The lowest BCUT2D eigenvalue weighted by molar-refractivity contribution is -0.384. The first-order valence-corrected chi connectivity index (χ1v) is 12.2. The predicted octanol–water partition coefficient (Wildman–Crippen LogP) is 3.49. The van der Waals surface area contributed by atoms with Gasteiger partial charge in [-0.3, -0.25) is 19.7 Å². The van der Waals surface area contributed by atoms with Crippen LogP contribution >= 0.6 is 11.3 Å². The van der Waals surface area contributed by atoms with Crippen molar-refractivity contribution in [1.82, 2.24) is 24.4 Å². The molecule has 0 saturated heterocycles. The molecule has 0 N–H and O–H groups in total. The van der Waals surface area contributed by atoms with Gasteiger partial charge in [0.25, 0.3) is 11.2 Å². The average molecular weight is 521 g/mol. The van der Waals surface area contributed by atoms with Gasteiger partial charge >= 0.3 is 5.56 Å². The van der Waals surface area contributed by atoms with E-state index in [1.807, 2.05) is 36.4 Å². The minimum Gasteiger partial charge on any atom is -0.266 e. The van der Waals surface area contributed by atoms with E-state index in [2.05, 4.69) is 10.1 Å². The van der Waals surface area contributed by atoms with E-state index in [1.54, 1.807) is 53.4 Å². The summed E-state index contributed by atoms with van der Waals surface area (Å²) in [7, 11) is 0. The summed E-state index contributed by atoms with van der Waals surface area (Å²) >= 11 is 1.05. The Labute approximate surface area is 217 Å². The zero-order valence-corrected chi connectivity index (χ0v) is 20.3. The summed E-state index contributed by atoms with van der Waals surface area (Å²) in [6.45, 7) is 0. The maximum Gasteiger partial charge on any atom is 0.300 e. The molecule has 0 fully saturated rings. The molecule has 10 nitrogen and oxygen atoms in total. The van der Waals surface area contributed by atoms with E-state index in [0.717, 1.165) is 21.5 Å². The second-order valence-electron chi connectivity index (χ2n) is 8.26. The second-order valence-corrected chi connectivity index (χ2v) is 9.27. The number of fused-ring (bicyclic) bond motifs is 1. The van der Waals surface area contributed by atoms with Gasteiger partial charge in [-0.1, -0.05) is 59.9 Å². The molecule has 3 aromatic heterocycles. The molecule has 0 atom stereocenters. The molecule has 11 heteroatoms. The van der Waals surface area contributed by atoms with Crippen LogP contribution < -0.4 is 15.7 Å². The number of para-hydroxylation sites is 1. The van der Waals surface area contributed by atoms with Crippen LogP contribution in [0.4, 0.5) is 5.69 Å². The first-order valence-electron chi connectivity index (χ1n) is 11.4. The van der Waals surface area contributed by atoms with Crippen LogP contribution in [0.3, 0.4) is 0 Å². The Morgan fingerprint density at radius 1 is 0.816 bits per heavy atom. The van der Waals surface area contributed by atoms with Crippen LogP contribution in [0.2, 0.25) is 0 Å². The normalized spacial score (nSPS) is 11.7. The SMILES string of the molecule is O=c1nc2sc(=Cc3cn(-c4ccccc4)nc3-c3ccc([N+](=O)[O-])cc3)c(=O)n2nc1-c1ccccc1. The number of nitrogens with zero attached hydrogens (tertiary/aromatic N) is 6. The number of thiazole rings is 1. The first kappa shape index (κ1) is 23.1. The standard InChI is InChI=1S/C27H16N6O4S/c34-25-24(17-7-3-1-4-8-17)30-32-26(35)22(38-27(32)28-25)15-19-16-31(20-9-5-2-6-10-20)29-23(19)18-11-13-21(14-12-18)33(36)37/h1-16H. The van der Waals surface area contributed by atoms with Crippen molar-refractivity contribution in [3.05, 3.63) is 132 Å². The van der Waals surface area contributed by atoms with Gasteiger partial charge in [-0.15, -0.1) is 0 Å². The maximum absolute atomic E-state index is 13.3. The highest BCUT2D eigenvalue weighted by Crippen LogP contribution is 2.26. The third kappa shape index (κ3) is 4.16. The Morgan fingerprint density at radius 2 is 1.47 bits per heavy atom. The zero-order chi connectivity index (χ0) is 26.2. The van der Waals surface area contributed by atoms with Gasteiger partial charge < -0.3 is 0 Å². The molecule has 0 unspecified atom stereocenters. The van der Waals surface area contributed by atoms with Crippen molar-refractivity contribution in [3.8, 4) is 28.2 Å². The lowest BCUT2D eigenvalue weighted by atomic mass is 10.1. The molecule has 0 saturated carbocycles. The number of hydrogen-bond acceptors (Lipinski definition) is 8. The molecule has 0 amide bonds. The van der Waals surface area contributed by atoms with Crippen molar-refractivity contribution in [3.63, 3.8) is 0 Å². The molecular weight excluding hydrogens is 504 g/mol. The molecule has 6 rings (SSSR count). The summed E-state index contributed by atoms with van der Waals surface area (Å²) in [5, 5.41) is 20.1. The van der Waals surface area contributed by atoms with Crippen molar-refractivity contribution < 1.29 is 4.92 Å². The molecule has 0 aliphatic heterocycles. The zero-order valence-electron chi connectivity index (χ0n) is 19.5. The Balaban J connectivity index is 1.53. The predicted molar refractivity (Wildman–Crippen MR) is 143 cm³/mol. The van der Waals surface area contributed by atoms with Crippen LogP contribution in [0, 0.1) is 10.1 Å². The number of aromatic nitrogens is 5. The van der Waals surface area contributed by atoms with Gasteiger partial charge in [0.1, 0.15) is 5.69 Å². The number of hydrogen-bond donors (Lipinski definition) is 0. The third-order valence-corrected chi connectivity index (χ3v) is 6.79. The summed E-state index contributed by atoms with van der Waals surface area (Å²) in [5.41, 5.74) is 2.26. The molecule has 0 aliphatic rings. The maximum atomic E-state index is 13.3. The first-order chi connectivity index (χ1) is 18.5. The molecule has 38 heavy (non-hydrogen) atoms.